The van der Waals surface area contributed by atoms with E-state index in [1.807, 2.05) is 0 Å². The molecular weight excluding hydrogens is 532 g/mol. The summed E-state index contributed by atoms with van der Waals surface area (Å²) in [4.78, 5) is 38.1. The topological polar surface area (TPSA) is 139 Å². The Morgan fingerprint density at radius 1 is 0.850 bits per heavy atom. The lowest BCUT2D eigenvalue weighted by molar-refractivity contribution is -0.384. The molecule has 1 aliphatic heterocycles. The van der Waals surface area contributed by atoms with Crippen molar-refractivity contribution in [2.75, 3.05) is 14.9 Å². The van der Waals surface area contributed by atoms with Crippen molar-refractivity contribution in [3.05, 3.63) is 124 Å². The highest BCUT2D eigenvalue weighted by atomic mass is 32.2. The molecule has 0 fully saturated rings. The van der Waals surface area contributed by atoms with Crippen LogP contribution in [0.5, 0.6) is 0 Å². The molecule has 4 aromatic carbocycles. The first kappa shape index (κ1) is 26.3. The Labute approximate surface area is 229 Å². The number of fused-ring (bicyclic) bond motifs is 1. The van der Waals surface area contributed by atoms with Crippen LogP contribution in [-0.4, -0.2) is 25.2 Å². The summed E-state index contributed by atoms with van der Waals surface area (Å²) in [7, 11) is -3.79. The summed E-state index contributed by atoms with van der Waals surface area (Å²) in [6.07, 6.45) is 0. The second-order valence-corrected chi connectivity index (χ2v) is 10.5. The first-order valence-electron chi connectivity index (χ1n) is 12.0. The smallest absolute Gasteiger partial charge is 0.270 e. The van der Waals surface area contributed by atoms with E-state index in [2.05, 4.69) is 10.0 Å². The summed E-state index contributed by atoms with van der Waals surface area (Å²) in [6.45, 7) is 1.25. The van der Waals surface area contributed by atoms with Crippen LogP contribution in [0, 0.1) is 10.1 Å². The second-order valence-electron chi connectivity index (χ2n) is 8.86. The first-order chi connectivity index (χ1) is 19.2. The van der Waals surface area contributed by atoms with Crippen molar-refractivity contribution in [2.24, 2.45) is 0 Å². The number of hydrogen-bond donors (Lipinski definition) is 2. The number of nitro benzene ring substituents is 1. The van der Waals surface area contributed by atoms with Crippen LogP contribution in [0.4, 0.5) is 22.7 Å². The molecule has 0 bridgehead atoms. The molecule has 2 N–H and O–H groups in total. The van der Waals surface area contributed by atoms with Crippen molar-refractivity contribution < 1.29 is 22.9 Å². The monoisotopic (exact) mass is 554 g/mol. The number of hydrogen-bond acceptors (Lipinski definition) is 7. The van der Waals surface area contributed by atoms with Crippen LogP contribution in [0.15, 0.2) is 108 Å². The van der Waals surface area contributed by atoms with Gasteiger partial charge in [-0.3, -0.25) is 24.4 Å². The van der Waals surface area contributed by atoms with Crippen LogP contribution in [0.25, 0.3) is 11.3 Å². The van der Waals surface area contributed by atoms with Gasteiger partial charge in [-0.25, -0.2) is 13.3 Å². The van der Waals surface area contributed by atoms with Gasteiger partial charge in [-0.05, 0) is 48.0 Å². The molecule has 10 nitrogen and oxygen atoms in total. The molecular formula is C29H22N4O6S. The molecule has 2 amide bonds. The largest absolute Gasteiger partial charge is 0.354 e. The van der Waals surface area contributed by atoms with Gasteiger partial charge in [0.2, 0.25) is 5.91 Å². The average molecular weight is 555 g/mol. The fourth-order valence-corrected chi connectivity index (χ4v) is 5.47. The number of nitrogens with zero attached hydrogens (tertiary/aromatic N) is 2. The highest BCUT2D eigenvalue weighted by Crippen LogP contribution is 2.43. The van der Waals surface area contributed by atoms with Gasteiger partial charge in [-0.1, -0.05) is 48.5 Å². The van der Waals surface area contributed by atoms with E-state index < -0.39 is 26.8 Å². The predicted molar refractivity (Wildman–Crippen MR) is 152 cm³/mol. The van der Waals surface area contributed by atoms with Gasteiger partial charge in [-0.15, -0.1) is 0 Å². The van der Waals surface area contributed by atoms with Crippen LogP contribution < -0.4 is 14.9 Å². The number of amides is 2. The van der Waals surface area contributed by atoms with E-state index in [0.717, 1.165) is 4.90 Å². The molecule has 0 radical (unpaired) electrons. The lowest BCUT2D eigenvalue weighted by Gasteiger charge is -2.16. The molecule has 0 saturated carbocycles. The normalized spacial score (nSPS) is 13.9. The molecule has 200 valence electrons. The second kappa shape index (κ2) is 10.5. The third-order valence-corrected chi connectivity index (χ3v) is 7.60. The number of carbonyl (C=O) groups excluding carboxylic acids is 2. The van der Waals surface area contributed by atoms with Crippen molar-refractivity contribution in [3.8, 4) is 0 Å². The van der Waals surface area contributed by atoms with Crippen molar-refractivity contribution in [1.29, 1.82) is 0 Å². The molecule has 0 spiro atoms. The highest BCUT2D eigenvalue weighted by molar-refractivity contribution is 7.92. The lowest BCUT2D eigenvalue weighted by Crippen LogP contribution is -2.31. The molecule has 1 heterocycles. The fourth-order valence-electron chi connectivity index (χ4n) is 4.39. The van der Waals surface area contributed by atoms with Gasteiger partial charge in [0, 0.05) is 36.0 Å². The minimum atomic E-state index is -3.79. The van der Waals surface area contributed by atoms with Crippen LogP contribution in [0.1, 0.15) is 18.1 Å². The Balaban J connectivity index is 1.57. The average Bonchev–Trinajstić information content (AvgIpc) is 3.24. The summed E-state index contributed by atoms with van der Waals surface area (Å²) < 4.78 is 27.9. The summed E-state index contributed by atoms with van der Waals surface area (Å²) >= 11 is 0. The summed E-state index contributed by atoms with van der Waals surface area (Å²) in [5.41, 5.74) is 2.12. The molecule has 5 rings (SSSR count). The first-order valence-corrected chi connectivity index (χ1v) is 13.5. The predicted octanol–water partition coefficient (Wildman–Crippen LogP) is 5.27. The Hall–Kier alpha value is -5.29. The van der Waals surface area contributed by atoms with E-state index in [1.165, 1.54) is 37.3 Å². The van der Waals surface area contributed by atoms with Crippen molar-refractivity contribution in [2.45, 2.75) is 11.8 Å². The third-order valence-electron chi connectivity index (χ3n) is 6.21. The Morgan fingerprint density at radius 2 is 1.45 bits per heavy atom. The number of imide groups is 1. The maximum atomic E-state index is 13.6. The number of anilines is 3. The molecule has 4 aromatic rings. The number of sulfonamides is 1. The van der Waals surface area contributed by atoms with Gasteiger partial charge in [0.1, 0.15) is 0 Å². The highest BCUT2D eigenvalue weighted by Gasteiger charge is 2.38. The van der Waals surface area contributed by atoms with Crippen molar-refractivity contribution >= 4 is 55.9 Å². The van der Waals surface area contributed by atoms with Crippen LogP contribution in [-0.2, 0) is 19.6 Å². The van der Waals surface area contributed by atoms with E-state index in [1.54, 1.807) is 72.8 Å². The minimum Gasteiger partial charge on any atom is -0.354 e. The number of benzene rings is 4. The number of rotatable bonds is 7. The zero-order valence-corrected chi connectivity index (χ0v) is 21.9. The molecule has 0 saturated heterocycles. The number of nitro groups is 1. The molecule has 1 aliphatic rings. The van der Waals surface area contributed by atoms with Crippen molar-refractivity contribution in [3.63, 3.8) is 0 Å². The van der Waals surface area contributed by atoms with Crippen molar-refractivity contribution in [1.82, 2.24) is 0 Å². The zero-order chi connectivity index (χ0) is 28.4. The minimum absolute atomic E-state index is 0.0916. The number of carbonyl (C=O) groups is 2. The van der Waals surface area contributed by atoms with E-state index >= 15 is 0 Å². The maximum Gasteiger partial charge on any atom is 0.270 e. The summed E-state index contributed by atoms with van der Waals surface area (Å²) in [6, 6.07) is 27.1. The summed E-state index contributed by atoms with van der Waals surface area (Å²) in [5, 5.41) is 14.7. The van der Waals surface area contributed by atoms with Gasteiger partial charge < -0.3 is 5.32 Å². The molecule has 11 heteroatoms. The van der Waals surface area contributed by atoms with Crippen LogP contribution >= 0.6 is 0 Å². The van der Waals surface area contributed by atoms with Gasteiger partial charge in [0.15, 0.2) is 0 Å². The van der Waals surface area contributed by atoms with Gasteiger partial charge in [0.05, 0.1) is 26.8 Å². The molecule has 0 aromatic heterocycles. The maximum absolute atomic E-state index is 13.6. The van der Waals surface area contributed by atoms with Crippen LogP contribution in [0.3, 0.4) is 0 Å². The Bertz CT molecular complexity index is 1770. The van der Waals surface area contributed by atoms with Crippen LogP contribution in [0.2, 0.25) is 0 Å². The molecule has 0 aliphatic carbocycles. The van der Waals surface area contributed by atoms with E-state index in [-0.39, 0.29) is 27.4 Å². The van der Waals surface area contributed by atoms with Gasteiger partial charge in [0.25, 0.3) is 21.6 Å². The number of non-ortho nitro benzene ring substituents is 1. The quantitative estimate of drug-likeness (QED) is 0.180. The van der Waals surface area contributed by atoms with E-state index in [9.17, 15) is 28.1 Å². The standard InChI is InChI=1S/C29H22N4O6S/c1-19(34)32-26-17-16-23(33(36)37)18-25(26)27(29(32)35)28(20-8-4-2-5-9-20)30-21-12-14-22(15-13-21)31-40(38,39)24-10-6-3-7-11-24/h2-18,30-31H,1H3/b28-27-. The Morgan fingerprint density at radius 3 is 2.05 bits per heavy atom. The fraction of sp³-hybridized carbons (Fsp3) is 0.0345. The molecule has 0 atom stereocenters. The van der Waals surface area contributed by atoms with E-state index in [4.69, 9.17) is 0 Å². The molecule has 0 unspecified atom stereocenters. The van der Waals surface area contributed by atoms with Gasteiger partial charge >= 0.3 is 0 Å². The Kier molecular flexibility index (Phi) is 6.89. The zero-order valence-electron chi connectivity index (χ0n) is 21.1. The molecule has 40 heavy (non-hydrogen) atoms. The van der Waals surface area contributed by atoms with Gasteiger partial charge in [-0.2, -0.15) is 0 Å². The van der Waals surface area contributed by atoms with E-state index in [0.29, 0.717) is 22.6 Å². The lowest BCUT2D eigenvalue weighted by atomic mass is 9.99. The SMILES string of the molecule is CC(=O)N1C(=O)/C(=C(\Nc2ccc(NS(=O)(=O)c3ccccc3)cc2)c2ccccc2)c2cc([N+](=O)[O-])ccc21. The third kappa shape index (κ3) is 5.05. The summed E-state index contributed by atoms with van der Waals surface area (Å²) in [5.74, 6) is -1.15. The number of nitrogens with one attached hydrogen (secondary N) is 2.